The Bertz CT molecular complexity index is 1660. The number of anilines is 1. The molecule has 10 heteroatoms. The third kappa shape index (κ3) is 7.12. The number of piperidine rings is 1. The molecule has 3 atom stereocenters. The van der Waals surface area contributed by atoms with Gasteiger partial charge in [0.25, 0.3) is 0 Å². The molecule has 8 nitrogen and oxygen atoms in total. The number of ether oxygens (including phenoxy) is 1. The average Bonchev–Trinajstić information content (AvgIpc) is 3.53. The van der Waals surface area contributed by atoms with Crippen LogP contribution in [0.4, 0.5) is 14.6 Å². The third-order valence-electron chi connectivity index (χ3n) is 9.00. The highest BCUT2D eigenvalue weighted by molar-refractivity contribution is 6.03. The molecule has 0 saturated carbocycles. The van der Waals surface area contributed by atoms with Crippen molar-refractivity contribution in [2.45, 2.75) is 90.5 Å². The molecule has 0 amide bonds. The number of rotatable bonds is 7. The molecule has 2 fully saturated rings. The topological polar surface area (TPSA) is 104 Å². The molecule has 0 spiro atoms. The second-order valence-corrected chi connectivity index (χ2v) is 12.6. The molecule has 2 aliphatic rings. The van der Waals surface area contributed by atoms with Crippen molar-refractivity contribution < 1.29 is 23.7 Å². The van der Waals surface area contributed by atoms with Crippen LogP contribution in [0.2, 0.25) is 0 Å². The number of nitrogens with one attached hydrogen (secondary N) is 1. The maximum Gasteiger partial charge on any atom is 0.318 e. The van der Waals surface area contributed by atoms with Gasteiger partial charge in [-0.1, -0.05) is 19.9 Å². The number of β-amino-alcohol motifs (C(OH)–C–C–N with tert-alkyl or cyclic N) is 1. The van der Waals surface area contributed by atoms with Gasteiger partial charge in [-0.25, -0.2) is 8.78 Å². The molecule has 4 heterocycles. The summed E-state index contributed by atoms with van der Waals surface area (Å²) in [5, 5.41) is 26.6. The number of benzene rings is 2. The zero-order valence-corrected chi connectivity index (χ0v) is 27.0. The van der Waals surface area contributed by atoms with Gasteiger partial charge in [0.1, 0.15) is 23.6 Å². The first-order chi connectivity index (χ1) is 21.5. The molecule has 242 valence electrons. The predicted molar refractivity (Wildman–Crippen MR) is 175 cm³/mol. The molecule has 2 aromatic heterocycles. The molecular formula is C35H45F2N5O3. The first kappa shape index (κ1) is 32.8. The van der Waals surface area contributed by atoms with Gasteiger partial charge in [0, 0.05) is 36.5 Å². The van der Waals surface area contributed by atoms with E-state index in [0.717, 1.165) is 54.1 Å². The zero-order chi connectivity index (χ0) is 32.3. The highest BCUT2D eigenvalue weighted by Gasteiger charge is 2.31. The van der Waals surface area contributed by atoms with Gasteiger partial charge in [0.2, 0.25) is 0 Å². The summed E-state index contributed by atoms with van der Waals surface area (Å²) >= 11 is 0. The number of alkyl halides is 1. The molecule has 0 bridgehead atoms. The highest BCUT2D eigenvalue weighted by atomic mass is 19.1. The van der Waals surface area contributed by atoms with E-state index < -0.39 is 11.8 Å². The van der Waals surface area contributed by atoms with Crippen LogP contribution >= 0.6 is 0 Å². The Morgan fingerprint density at radius 1 is 1.20 bits per heavy atom. The molecule has 2 saturated heterocycles. The predicted octanol–water partition coefficient (Wildman–Crippen LogP) is 6.80. The average molecular weight is 622 g/mol. The van der Waals surface area contributed by atoms with Crippen LogP contribution in [0.5, 0.6) is 11.8 Å². The van der Waals surface area contributed by atoms with E-state index in [-0.39, 0.29) is 17.6 Å². The number of fused-ring (bicyclic) bond motifs is 2. The number of nitrogens with zero attached hydrogens (tertiary/aromatic N) is 4. The van der Waals surface area contributed by atoms with Crippen LogP contribution in [0.3, 0.4) is 0 Å². The van der Waals surface area contributed by atoms with Crippen molar-refractivity contribution >= 4 is 27.5 Å². The first-order valence-electron chi connectivity index (χ1n) is 16.1. The van der Waals surface area contributed by atoms with E-state index in [1.54, 1.807) is 24.4 Å². The molecule has 3 N–H and O–H groups in total. The van der Waals surface area contributed by atoms with Crippen molar-refractivity contribution in [3.63, 3.8) is 0 Å². The van der Waals surface area contributed by atoms with Gasteiger partial charge in [-0.3, -0.25) is 4.98 Å². The lowest BCUT2D eigenvalue weighted by Gasteiger charge is -2.37. The molecule has 2 aromatic carbocycles. The highest BCUT2D eigenvalue weighted by Crippen LogP contribution is 2.39. The third-order valence-corrected chi connectivity index (χ3v) is 9.00. The fourth-order valence-corrected chi connectivity index (χ4v) is 6.65. The number of aliphatic hydroxyl groups is 1. The van der Waals surface area contributed by atoms with Gasteiger partial charge >= 0.3 is 6.01 Å². The fraction of sp³-hybridized carbons (Fsp3) is 0.514. The van der Waals surface area contributed by atoms with Gasteiger partial charge in [0.05, 0.1) is 29.3 Å². The summed E-state index contributed by atoms with van der Waals surface area (Å²) in [5.41, 5.74) is 2.45. The van der Waals surface area contributed by atoms with Crippen molar-refractivity contribution in [1.82, 2.24) is 20.3 Å². The summed E-state index contributed by atoms with van der Waals surface area (Å²) < 4.78 is 32.9. The van der Waals surface area contributed by atoms with Crippen molar-refractivity contribution in [3.8, 4) is 23.0 Å². The Kier molecular flexibility index (Phi) is 10.0. The lowest BCUT2D eigenvalue weighted by Crippen LogP contribution is -2.46. The minimum absolute atomic E-state index is 0.0824. The number of methoxy groups -OCH3 is 1. The number of hydrogen-bond donors (Lipinski definition) is 3. The SMILES string of the molecule is CCC(F)CC1CCCN1.CCc1c(F)ccc2cc(O)cc(-c3ncc4c(N5CCC[C@@](C)(O)C5)nc(OC)nc4c3C)c12. The molecule has 45 heavy (non-hydrogen) atoms. The van der Waals surface area contributed by atoms with Crippen LogP contribution < -0.4 is 15.0 Å². The second-order valence-electron chi connectivity index (χ2n) is 12.6. The smallest absolute Gasteiger partial charge is 0.318 e. The lowest BCUT2D eigenvalue weighted by atomic mass is 9.93. The quantitative estimate of drug-likeness (QED) is 0.207. The molecule has 0 aliphatic carbocycles. The van der Waals surface area contributed by atoms with Crippen molar-refractivity contribution in [1.29, 1.82) is 0 Å². The van der Waals surface area contributed by atoms with E-state index >= 15 is 0 Å². The number of aryl methyl sites for hydroxylation is 2. The molecule has 2 aliphatic heterocycles. The van der Waals surface area contributed by atoms with Crippen LogP contribution in [0, 0.1) is 12.7 Å². The number of hydrogen-bond acceptors (Lipinski definition) is 8. The zero-order valence-electron chi connectivity index (χ0n) is 27.0. The number of halogens is 2. The summed E-state index contributed by atoms with van der Waals surface area (Å²) in [6.07, 6.45) is 6.98. The molecular weight excluding hydrogens is 576 g/mol. The fourth-order valence-electron chi connectivity index (χ4n) is 6.65. The number of aromatic nitrogens is 3. The number of pyridine rings is 1. The second kappa shape index (κ2) is 13.8. The summed E-state index contributed by atoms with van der Waals surface area (Å²) in [6, 6.07) is 7.06. The van der Waals surface area contributed by atoms with E-state index in [0.29, 0.717) is 53.6 Å². The maximum atomic E-state index is 14.7. The van der Waals surface area contributed by atoms with E-state index in [2.05, 4.69) is 15.3 Å². The van der Waals surface area contributed by atoms with Gasteiger partial charge in [0.15, 0.2) is 0 Å². The Hall–Kier alpha value is -3.63. The van der Waals surface area contributed by atoms with E-state index in [1.165, 1.54) is 26.0 Å². The maximum absolute atomic E-state index is 14.7. The monoisotopic (exact) mass is 621 g/mol. The minimum atomic E-state index is -0.813. The summed E-state index contributed by atoms with van der Waals surface area (Å²) in [5.74, 6) is 0.461. The number of phenolic OH excluding ortho intramolecular Hbond substituents is 1. The molecule has 6 rings (SSSR count). The molecule has 0 radical (unpaired) electrons. The van der Waals surface area contributed by atoms with Crippen LogP contribution in [0.1, 0.15) is 70.4 Å². The van der Waals surface area contributed by atoms with Gasteiger partial charge in [-0.2, -0.15) is 9.97 Å². The Labute approximate surface area is 263 Å². The number of phenols is 1. The van der Waals surface area contributed by atoms with Crippen molar-refractivity contribution in [2.24, 2.45) is 0 Å². The Morgan fingerprint density at radius 2 is 2.00 bits per heavy atom. The minimum Gasteiger partial charge on any atom is -0.508 e. The summed E-state index contributed by atoms with van der Waals surface area (Å²) in [6.45, 7) is 9.84. The standard InChI is InChI=1S/C27H29FN4O3.C8H16FN/c1-5-18-21(28)8-7-16-11-17(33)12-19(22(16)18)23-15(2)24-20(13-29-23)25(31-26(30-24)35-4)32-10-6-9-27(3,34)14-32;1-2-7(9)6-8-4-3-5-10-8/h7-8,11-13,33-34H,5-6,9-10,14H2,1-4H3;7-8,10H,2-6H2,1H3/t27-;/m1./s1. The van der Waals surface area contributed by atoms with E-state index in [1.807, 2.05) is 32.6 Å². The molecule has 2 unspecified atom stereocenters. The Morgan fingerprint density at radius 3 is 2.67 bits per heavy atom. The Balaban J connectivity index is 0.000000342. The number of aromatic hydroxyl groups is 1. The van der Waals surface area contributed by atoms with Crippen molar-refractivity contribution in [2.75, 3.05) is 31.6 Å². The summed E-state index contributed by atoms with van der Waals surface area (Å²) in [4.78, 5) is 16.1. The van der Waals surface area contributed by atoms with Gasteiger partial charge < -0.3 is 25.2 Å². The van der Waals surface area contributed by atoms with Crippen molar-refractivity contribution in [3.05, 3.63) is 47.4 Å². The summed E-state index contributed by atoms with van der Waals surface area (Å²) in [7, 11) is 1.52. The van der Waals surface area contributed by atoms with Crippen LogP contribution in [-0.4, -0.2) is 69.7 Å². The van der Waals surface area contributed by atoms with Gasteiger partial charge in [-0.05, 0) is 99.9 Å². The van der Waals surface area contributed by atoms with Crippen LogP contribution in [-0.2, 0) is 6.42 Å². The van der Waals surface area contributed by atoms with Crippen LogP contribution in [0.25, 0.3) is 32.9 Å². The largest absolute Gasteiger partial charge is 0.508 e. The van der Waals surface area contributed by atoms with E-state index in [9.17, 15) is 19.0 Å². The lowest BCUT2D eigenvalue weighted by molar-refractivity contribution is 0.0447. The normalized spacial score (nSPS) is 20.7. The first-order valence-corrected chi connectivity index (χ1v) is 16.1. The van der Waals surface area contributed by atoms with E-state index in [4.69, 9.17) is 9.72 Å². The van der Waals surface area contributed by atoms with Gasteiger partial charge in [-0.15, -0.1) is 0 Å². The molecule has 4 aromatic rings. The van der Waals surface area contributed by atoms with Crippen LogP contribution in [0.15, 0.2) is 30.5 Å².